The molecule has 0 saturated carbocycles. The molecule has 0 radical (unpaired) electrons. The Morgan fingerprint density at radius 1 is 1.20 bits per heavy atom. The highest BCUT2D eigenvalue weighted by molar-refractivity contribution is 7.98. The molecule has 0 fully saturated rings. The Morgan fingerprint density at radius 2 is 1.92 bits per heavy atom. The molecule has 1 amide bonds. The molecule has 8 heteroatoms. The number of nitrogens with zero attached hydrogens (tertiary/aromatic N) is 2. The number of imidazole rings is 1. The van der Waals surface area contributed by atoms with Gasteiger partial charge in [0.15, 0.2) is 5.16 Å². The van der Waals surface area contributed by atoms with Gasteiger partial charge in [0, 0.05) is 10.7 Å². The molecule has 1 N–H and O–H groups in total. The summed E-state index contributed by atoms with van der Waals surface area (Å²) in [4.78, 5) is 16.8. The van der Waals surface area contributed by atoms with Crippen molar-refractivity contribution in [3.8, 4) is 5.69 Å². The summed E-state index contributed by atoms with van der Waals surface area (Å²) >= 11 is 7.17. The molecule has 0 bridgehead atoms. The number of carbonyl (C=O) groups is 1. The van der Waals surface area contributed by atoms with Gasteiger partial charge in [-0.25, -0.2) is 13.8 Å². The Labute approximate surface area is 151 Å². The summed E-state index contributed by atoms with van der Waals surface area (Å²) in [6, 6.07) is 9.53. The number of rotatable bonds is 4. The fourth-order valence-electron chi connectivity index (χ4n) is 2.26. The quantitative estimate of drug-likeness (QED) is 0.664. The summed E-state index contributed by atoms with van der Waals surface area (Å²) in [7, 11) is 0. The number of benzene rings is 2. The SMILES string of the molecule is CSc1ncc(C(=O)Nc2cc(Cl)ccc2F)n1-c1ccc(F)cc1. The third kappa shape index (κ3) is 3.67. The Hall–Kier alpha value is -2.38. The van der Waals surface area contributed by atoms with Gasteiger partial charge in [-0.3, -0.25) is 9.36 Å². The second-order valence-electron chi connectivity index (χ2n) is 5.02. The monoisotopic (exact) mass is 379 g/mol. The zero-order chi connectivity index (χ0) is 18.0. The molecule has 0 unspecified atom stereocenters. The highest BCUT2D eigenvalue weighted by Gasteiger charge is 2.19. The van der Waals surface area contributed by atoms with Crippen molar-refractivity contribution in [2.24, 2.45) is 0 Å². The minimum absolute atomic E-state index is 0.0324. The van der Waals surface area contributed by atoms with Crippen LogP contribution in [-0.4, -0.2) is 21.7 Å². The fraction of sp³-hybridized carbons (Fsp3) is 0.0588. The van der Waals surface area contributed by atoms with Crippen molar-refractivity contribution in [1.82, 2.24) is 9.55 Å². The summed E-state index contributed by atoms with van der Waals surface area (Å²) in [5.41, 5.74) is 0.727. The minimum atomic E-state index is -0.601. The van der Waals surface area contributed by atoms with E-state index in [4.69, 9.17) is 11.6 Å². The maximum Gasteiger partial charge on any atom is 0.274 e. The molecule has 0 aliphatic carbocycles. The predicted octanol–water partition coefficient (Wildman–Crippen LogP) is 4.78. The van der Waals surface area contributed by atoms with Gasteiger partial charge in [0.2, 0.25) is 0 Å². The van der Waals surface area contributed by atoms with E-state index in [0.717, 1.165) is 0 Å². The lowest BCUT2D eigenvalue weighted by atomic mass is 10.2. The summed E-state index contributed by atoms with van der Waals surface area (Å²) in [5.74, 6) is -1.55. The van der Waals surface area contributed by atoms with Crippen LogP contribution in [0.15, 0.2) is 53.8 Å². The highest BCUT2D eigenvalue weighted by atomic mass is 35.5. The summed E-state index contributed by atoms with van der Waals surface area (Å²) in [5, 5.41) is 3.33. The van der Waals surface area contributed by atoms with Gasteiger partial charge in [0.1, 0.15) is 17.3 Å². The molecule has 25 heavy (non-hydrogen) atoms. The van der Waals surface area contributed by atoms with E-state index in [2.05, 4.69) is 10.3 Å². The van der Waals surface area contributed by atoms with Crippen LogP contribution in [0.2, 0.25) is 5.02 Å². The van der Waals surface area contributed by atoms with Gasteiger partial charge in [-0.1, -0.05) is 23.4 Å². The molecule has 1 aromatic heterocycles. The van der Waals surface area contributed by atoms with E-state index in [1.807, 2.05) is 0 Å². The van der Waals surface area contributed by atoms with Gasteiger partial charge in [0.25, 0.3) is 5.91 Å². The van der Waals surface area contributed by atoms with Gasteiger partial charge in [-0.15, -0.1) is 0 Å². The van der Waals surface area contributed by atoms with Gasteiger partial charge in [0.05, 0.1) is 11.9 Å². The Bertz CT molecular complexity index is 928. The number of amides is 1. The topological polar surface area (TPSA) is 46.9 Å². The van der Waals surface area contributed by atoms with Gasteiger partial charge in [-0.05, 0) is 48.7 Å². The number of hydrogen-bond acceptors (Lipinski definition) is 3. The minimum Gasteiger partial charge on any atom is -0.318 e. The van der Waals surface area contributed by atoms with Crippen LogP contribution in [0, 0.1) is 11.6 Å². The molecule has 0 aliphatic heterocycles. The first-order valence-electron chi connectivity index (χ1n) is 7.13. The number of nitrogens with one attached hydrogen (secondary N) is 1. The number of carbonyl (C=O) groups excluding carboxylic acids is 1. The van der Waals surface area contributed by atoms with E-state index >= 15 is 0 Å². The molecule has 0 atom stereocenters. The zero-order valence-corrected chi connectivity index (χ0v) is 14.5. The number of thioether (sulfide) groups is 1. The molecule has 128 valence electrons. The van der Waals surface area contributed by atoms with Crippen molar-refractivity contribution in [2.75, 3.05) is 11.6 Å². The smallest absolute Gasteiger partial charge is 0.274 e. The Kier molecular flexibility index (Phi) is 5.06. The van der Waals surface area contributed by atoms with Crippen molar-refractivity contribution in [2.45, 2.75) is 5.16 Å². The molecule has 1 heterocycles. The Balaban J connectivity index is 1.99. The highest BCUT2D eigenvalue weighted by Crippen LogP contribution is 2.24. The maximum absolute atomic E-state index is 13.8. The molecule has 3 rings (SSSR count). The molecule has 2 aromatic carbocycles. The summed E-state index contributed by atoms with van der Waals surface area (Å²) in [6.07, 6.45) is 3.19. The van der Waals surface area contributed by atoms with E-state index in [-0.39, 0.29) is 17.2 Å². The zero-order valence-electron chi connectivity index (χ0n) is 13.0. The van der Waals surface area contributed by atoms with E-state index < -0.39 is 11.7 Å². The maximum atomic E-state index is 13.8. The second kappa shape index (κ2) is 7.25. The van der Waals surface area contributed by atoms with Crippen LogP contribution in [0.4, 0.5) is 14.5 Å². The third-order valence-electron chi connectivity index (χ3n) is 3.41. The molecule has 4 nitrogen and oxygen atoms in total. The molecule has 3 aromatic rings. The third-order valence-corrected chi connectivity index (χ3v) is 4.29. The van der Waals surface area contributed by atoms with Crippen LogP contribution in [0.25, 0.3) is 5.69 Å². The largest absolute Gasteiger partial charge is 0.318 e. The molecular formula is C17H12ClF2N3OS. The number of anilines is 1. The number of halogens is 3. The van der Waals surface area contributed by atoms with Crippen LogP contribution in [-0.2, 0) is 0 Å². The van der Waals surface area contributed by atoms with Crippen molar-refractivity contribution in [3.05, 3.63) is 71.0 Å². The molecule has 0 spiro atoms. The average molecular weight is 380 g/mol. The summed E-state index contributed by atoms with van der Waals surface area (Å²) < 4.78 is 28.6. The average Bonchev–Trinajstić information content (AvgIpc) is 3.03. The van der Waals surface area contributed by atoms with Crippen molar-refractivity contribution in [1.29, 1.82) is 0 Å². The van der Waals surface area contributed by atoms with Crippen LogP contribution in [0.1, 0.15) is 10.5 Å². The Morgan fingerprint density at radius 3 is 2.60 bits per heavy atom. The van der Waals surface area contributed by atoms with E-state index in [0.29, 0.717) is 15.9 Å². The van der Waals surface area contributed by atoms with Crippen molar-refractivity contribution >= 4 is 35.0 Å². The lowest BCUT2D eigenvalue weighted by Crippen LogP contribution is -2.17. The van der Waals surface area contributed by atoms with Gasteiger partial charge >= 0.3 is 0 Å². The first-order chi connectivity index (χ1) is 12.0. The second-order valence-corrected chi connectivity index (χ2v) is 6.23. The lowest BCUT2D eigenvalue weighted by Gasteiger charge is -2.12. The standard InChI is InChI=1S/C17H12ClF2N3OS/c1-25-17-21-9-15(23(17)12-5-3-11(19)4-6-12)16(24)22-14-8-10(18)2-7-13(14)20/h2-9H,1H3,(H,22,24). The van der Waals surface area contributed by atoms with Crippen LogP contribution < -0.4 is 5.32 Å². The van der Waals surface area contributed by atoms with Gasteiger partial charge in [-0.2, -0.15) is 0 Å². The number of hydrogen-bond donors (Lipinski definition) is 1. The van der Waals surface area contributed by atoms with Crippen LogP contribution in [0.3, 0.4) is 0 Å². The van der Waals surface area contributed by atoms with Crippen LogP contribution in [0.5, 0.6) is 0 Å². The van der Waals surface area contributed by atoms with Crippen LogP contribution >= 0.6 is 23.4 Å². The van der Waals surface area contributed by atoms with E-state index in [9.17, 15) is 13.6 Å². The van der Waals surface area contributed by atoms with Crippen molar-refractivity contribution < 1.29 is 13.6 Å². The summed E-state index contributed by atoms with van der Waals surface area (Å²) in [6.45, 7) is 0. The lowest BCUT2D eigenvalue weighted by molar-refractivity contribution is 0.101. The van der Waals surface area contributed by atoms with Gasteiger partial charge < -0.3 is 5.32 Å². The molecular weight excluding hydrogens is 368 g/mol. The fourth-order valence-corrected chi connectivity index (χ4v) is 2.97. The molecule has 0 saturated heterocycles. The van der Waals surface area contributed by atoms with E-state index in [1.54, 1.807) is 10.8 Å². The predicted molar refractivity (Wildman–Crippen MR) is 94.7 cm³/mol. The normalized spacial score (nSPS) is 10.7. The number of aromatic nitrogens is 2. The first kappa shape index (κ1) is 17.4. The van der Waals surface area contributed by atoms with Crippen molar-refractivity contribution in [3.63, 3.8) is 0 Å². The van der Waals surface area contributed by atoms with E-state index in [1.165, 1.54) is 60.4 Å². The molecule has 0 aliphatic rings. The first-order valence-corrected chi connectivity index (χ1v) is 8.74.